The summed E-state index contributed by atoms with van der Waals surface area (Å²) in [6.07, 6.45) is 9.51. The minimum absolute atomic E-state index is 0.159. The molecule has 0 aromatic heterocycles. The van der Waals surface area contributed by atoms with E-state index in [0.29, 0.717) is 30.3 Å². The van der Waals surface area contributed by atoms with E-state index in [1.165, 1.54) is 24.3 Å². The van der Waals surface area contributed by atoms with Gasteiger partial charge in [-0.05, 0) is 83.6 Å². The Morgan fingerprint density at radius 1 is 1.18 bits per heavy atom. The van der Waals surface area contributed by atoms with Gasteiger partial charge in [0.05, 0.1) is 12.2 Å². The van der Waals surface area contributed by atoms with Gasteiger partial charge in [-0.2, -0.15) is 11.8 Å². The zero-order valence-electron chi connectivity index (χ0n) is 21.3. The topological polar surface area (TPSA) is 43.7 Å². The van der Waals surface area contributed by atoms with Gasteiger partial charge in [-0.15, -0.1) is 0 Å². The first-order valence-electron chi connectivity index (χ1n) is 12.9. The van der Waals surface area contributed by atoms with E-state index in [2.05, 4.69) is 81.6 Å². The first kappa shape index (κ1) is 26.5. The molecule has 5 atom stereocenters. The molecule has 3 nitrogen and oxygen atoms in total. The summed E-state index contributed by atoms with van der Waals surface area (Å²) in [6, 6.07) is 9.54. The molecule has 0 bridgehead atoms. The molecule has 1 fully saturated rings. The molecule has 1 saturated carbocycles. The van der Waals surface area contributed by atoms with Gasteiger partial charge in [0.1, 0.15) is 0 Å². The normalized spacial score (nSPS) is 26.1. The average molecular weight is 472 g/mol. The lowest BCUT2D eigenvalue weighted by Gasteiger charge is -2.30. The fourth-order valence-corrected chi connectivity index (χ4v) is 6.74. The van der Waals surface area contributed by atoms with Crippen LogP contribution in [-0.2, 0) is 6.42 Å². The molecule has 0 saturated heterocycles. The van der Waals surface area contributed by atoms with Crippen molar-refractivity contribution in [1.82, 2.24) is 4.90 Å². The van der Waals surface area contributed by atoms with Gasteiger partial charge >= 0.3 is 0 Å². The summed E-state index contributed by atoms with van der Waals surface area (Å²) in [5, 5.41) is 21.2. The highest BCUT2D eigenvalue weighted by Gasteiger charge is 2.43. The highest BCUT2D eigenvalue weighted by molar-refractivity contribution is 7.99. The molecule has 33 heavy (non-hydrogen) atoms. The zero-order chi connectivity index (χ0) is 24.0. The Kier molecular flexibility index (Phi) is 10.1. The Balaban J connectivity index is 1.43. The van der Waals surface area contributed by atoms with Crippen molar-refractivity contribution in [1.29, 1.82) is 0 Å². The molecule has 2 aliphatic carbocycles. The van der Waals surface area contributed by atoms with E-state index in [-0.39, 0.29) is 12.0 Å². The lowest BCUT2D eigenvalue weighted by Crippen LogP contribution is -2.37. The fourth-order valence-electron chi connectivity index (χ4n) is 5.78. The monoisotopic (exact) mass is 471 g/mol. The number of hydrogen-bond donors (Lipinski definition) is 2. The molecule has 0 heterocycles. The molecule has 4 heteroatoms. The van der Waals surface area contributed by atoms with Crippen LogP contribution in [0.1, 0.15) is 58.1 Å². The van der Waals surface area contributed by atoms with Gasteiger partial charge in [0.2, 0.25) is 0 Å². The number of aliphatic hydroxyl groups is 2. The van der Waals surface area contributed by atoms with E-state index in [0.717, 1.165) is 24.2 Å². The van der Waals surface area contributed by atoms with E-state index < -0.39 is 6.10 Å². The number of rotatable bonds is 12. The number of benzene rings is 1. The van der Waals surface area contributed by atoms with Crippen molar-refractivity contribution in [3.8, 4) is 0 Å². The molecule has 0 amide bonds. The number of hydrogen-bond acceptors (Lipinski definition) is 4. The van der Waals surface area contributed by atoms with Crippen LogP contribution >= 0.6 is 11.8 Å². The van der Waals surface area contributed by atoms with Gasteiger partial charge in [-0.1, -0.05) is 53.6 Å². The van der Waals surface area contributed by atoms with Crippen LogP contribution in [0.25, 0.3) is 0 Å². The SMILES string of the molecule is Cc1cccc(C[C@H](O)/C=C/[C@@H]2[C@H]3CC(CSCCCN(C(C)C)C(C)C)=C[C@H]3C[C@H]2O)c1. The van der Waals surface area contributed by atoms with E-state index >= 15 is 0 Å². The van der Waals surface area contributed by atoms with E-state index in [4.69, 9.17) is 0 Å². The molecule has 0 unspecified atom stereocenters. The minimum Gasteiger partial charge on any atom is -0.392 e. The molecule has 2 aliphatic rings. The third kappa shape index (κ3) is 7.71. The van der Waals surface area contributed by atoms with Crippen LogP contribution in [0.15, 0.2) is 48.1 Å². The number of fused-ring (bicyclic) bond motifs is 1. The molecule has 3 rings (SSSR count). The van der Waals surface area contributed by atoms with Gasteiger partial charge < -0.3 is 10.2 Å². The third-order valence-electron chi connectivity index (χ3n) is 7.35. The number of nitrogens with zero attached hydrogens (tertiary/aromatic N) is 1. The summed E-state index contributed by atoms with van der Waals surface area (Å²) in [6.45, 7) is 12.4. The van der Waals surface area contributed by atoms with Crippen molar-refractivity contribution >= 4 is 11.8 Å². The average Bonchev–Trinajstić information content (AvgIpc) is 3.24. The van der Waals surface area contributed by atoms with Crippen LogP contribution in [0.4, 0.5) is 0 Å². The maximum absolute atomic E-state index is 10.6. The highest BCUT2D eigenvalue weighted by atomic mass is 32.2. The van der Waals surface area contributed by atoms with E-state index in [1.54, 1.807) is 5.57 Å². The van der Waals surface area contributed by atoms with Crippen molar-refractivity contribution in [3.05, 3.63) is 59.2 Å². The van der Waals surface area contributed by atoms with Crippen LogP contribution in [0.2, 0.25) is 0 Å². The van der Waals surface area contributed by atoms with E-state index in [1.807, 2.05) is 12.1 Å². The number of allylic oxidation sites excluding steroid dienone is 1. The van der Waals surface area contributed by atoms with Gasteiger partial charge in [0.15, 0.2) is 0 Å². The smallest absolute Gasteiger partial charge is 0.0761 e. The maximum atomic E-state index is 10.6. The summed E-state index contributed by atoms with van der Waals surface area (Å²) in [7, 11) is 0. The molecule has 0 aliphatic heterocycles. The first-order valence-corrected chi connectivity index (χ1v) is 14.0. The second kappa shape index (κ2) is 12.6. The Hall–Kier alpha value is -1.07. The Morgan fingerprint density at radius 3 is 2.64 bits per heavy atom. The number of aliphatic hydroxyl groups excluding tert-OH is 2. The summed E-state index contributed by atoms with van der Waals surface area (Å²) < 4.78 is 0. The summed E-state index contributed by atoms with van der Waals surface area (Å²) >= 11 is 2.06. The van der Waals surface area contributed by atoms with Crippen LogP contribution in [0.5, 0.6) is 0 Å². The molecular formula is C29H45NO2S. The van der Waals surface area contributed by atoms with Gasteiger partial charge in [0.25, 0.3) is 0 Å². The molecule has 1 aromatic rings. The second-order valence-corrected chi connectivity index (χ2v) is 11.8. The van der Waals surface area contributed by atoms with Crippen LogP contribution in [0.3, 0.4) is 0 Å². The highest BCUT2D eigenvalue weighted by Crippen LogP contribution is 2.47. The quantitative estimate of drug-likeness (QED) is 0.306. The van der Waals surface area contributed by atoms with Gasteiger partial charge in [-0.25, -0.2) is 0 Å². The zero-order valence-corrected chi connectivity index (χ0v) is 22.1. The standard InChI is InChI=1S/C29H45NO2S/c1-20(2)30(21(3)4)12-7-13-33-19-24-15-25-18-29(32)27(28(25)17-24)11-10-26(31)16-23-9-6-8-22(5)14-23/h6,8-11,14-15,20-21,25-29,31-32H,7,12-13,16-19H2,1-5H3/b11-10+/t25-,26+,27+,28-,29+/m0/s1. The van der Waals surface area contributed by atoms with Crippen molar-refractivity contribution in [3.63, 3.8) is 0 Å². The number of aryl methyl sites for hydroxylation is 1. The van der Waals surface area contributed by atoms with E-state index in [9.17, 15) is 10.2 Å². The van der Waals surface area contributed by atoms with Crippen LogP contribution < -0.4 is 0 Å². The molecule has 0 radical (unpaired) electrons. The molecule has 2 N–H and O–H groups in total. The molecule has 1 aromatic carbocycles. The summed E-state index contributed by atoms with van der Waals surface area (Å²) in [5.41, 5.74) is 3.94. The number of thioether (sulfide) groups is 1. The summed E-state index contributed by atoms with van der Waals surface area (Å²) in [5.74, 6) is 3.48. The summed E-state index contributed by atoms with van der Waals surface area (Å²) in [4.78, 5) is 2.57. The fraction of sp³-hybridized carbons (Fsp3) is 0.655. The third-order valence-corrected chi connectivity index (χ3v) is 8.50. The second-order valence-electron chi connectivity index (χ2n) is 10.7. The first-order chi connectivity index (χ1) is 15.7. The van der Waals surface area contributed by atoms with Crippen molar-refractivity contribution in [2.45, 2.75) is 84.6 Å². The van der Waals surface area contributed by atoms with Crippen LogP contribution in [-0.4, -0.2) is 57.5 Å². The lowest BCUT2D eigenvalue weighted by molar-refractivity contribution is 0.140. The predicted octanol–water partition coefficient (Wildman–Crippen LogP) is 5.64. The maximum Gasteiger partial charge on any atom is 0.0761 e. The van der Waals surface area contributed by atoms with Gasteiger partial charge in [-0.3, -0.25) is 4.90 Å². The van der Waals surface area contributed by atoms with Crippen molar-refractivity contribution in [2.75, 3.05) is 18.1 Å². The van der Waals surface area contributed by atoms with Gasteiger partial charge in [0, 0.05) is 30.2 Å². The minimum atomic E-state index is -0.501. The Bertz CT molecular complexity index is 795. The van der Waals surface area contributed by atoms with Crippen molar-refractivity contribution < 1.29 is 10.2 Å². The Morgan fingerprint density at radius 2 is 1.94 bits per heavy atom. The molecule has 0 spiro atoms. The van der Waals surface area contributed by atoms with Crippen molar-refractivity contribution in [2.24, 2.45) is 17.8 Å². The Labute approximate surface area is 206 Å². The van der Waals surface area contributed by atoms with Crippen LogP contribution in [0, 0.1) is 24.7 Å². The molecule has 184 valence electrons. The largest absolute Gasteiger partial charge is 0.392 e. The molecular weight excluding hydrogens is 426 g/mol. The lowest BCUT2D eigenvalue weighted by atomic mass is 9.89. The predicted molar refractivity (Wildman–Crippen MR) is 143 cm³/mol.